The topological polar surface area (TPSA) is 48.9 Å². The molecule has 0 aromatic heterocycles. The van der Waals surface area contributed by atoms with Crippen LogP contribution in [0, 0.1) is 0 Å². The molecule has 0 radical (unpaired) electrons. The Kier molecular flexibility index (Phi) is 10.1. The summed E-state index contributed by atoms with van der Waals surface area (Å²) < 4.78 is 5.18. The lowest BCUT2D eigenvalue weighted by Gasteiger charge is -2.20. The molecule has 0 aliphatic heterocycles. The minimum absolute atomic E-state index is 0.221. The van der Waals surface area contributed by atoms with Crippen LogP contribution in [0.5, 0.6) is 0 Å². The molecule has 0 aliphatic rings. The number of guanidine groups is 1. The van der Waals surface area contributed by atoms with E-state index in [1.807, 2.05) is 0 Å². The first-order valence-corrected chi connectivity index (χ1v) is 8.97. The van der Waals surface area contributed by atoms with Crippen LogP contribution in [0.15, 0.2) is 29.3 Å². The number of benzene rings is 1. The van der Waals surface area contributed by atoms with Gasteiger partial charge in [-0.15, -0.1) is 0 Å². The molecule has 0 amide bonds. The van der Waals surface area contributed by atoms with Gasteiger partial charge in [-0.05, 0) is 38.1 Å². The van der Waals surface area contributed by atoms with Crippen LogP contribution < -0.4 is 10.6 Å². The molecule has 0 aliphatic carbocycles. The first kappa shape index (κ1) is 20.5. The van der Waals surface area contributed by atoms with Crippen molar-refractivity contribution in [1.29, 1.82) is 0 Å². The van der Waals surface area contributed by atoms with E-state index in [1.54, 1.807) is 7.11 Å². The Labute approximate surface area is 147 Å². The van der Waals surface area contributed by atoms with Crippen molar-refractivity contribution in [1.82, 2.24) is 15.5 Å². The molecule has 0 saturated carbocycles. The van der Waals surface area contributed by atoms with Crippen LogP contribution in [-0.2, 0) is 17.8 Å². The maximum atomic E-state index is 5.18. The second-order valence-corrected chi connectivity index (χ2v) is 5.93. The summed E-state index contributed by atoms with van der Waals surface area (Å²) in [6, 6.07) is 8.79. The molecule has 136 valence electrons. The first-order chi connectivity index (χ1) is 11.6. The third-order valence-electron chi connectivity index (χ3n) is 3.96. The highest BCUT2D eigenvalue weighted by molar-refractivity contribution is 5.80. The molecular weight excluding hydrogens is 300 g/mol. The van der Waals surface area contributed by atoms with Gasteiger partial charge in [-0.2, -0.15) is 0 Å². The van der Waals surface area contributed by atoms with E-state index >= 15 is 0 Å². The predicted molar refractivity (Wildman–Crippen MR) is 102 cm³/mol. The summed E-state index contributed by atoms with van der Waals surface area (Å²) in [5.41, 5.74) is 2.63. The van der Waals surface area contributed by atoms with Crippen LogP contribution in [0.25, 0.3) is 0 Å². The molecule has 0 heterocycles. The number of nitrogens with one attached hydrogen (secondary N) is 2. The molecule has 5 heteroatoms. The number of aliphatic imine (C=N–C) groups is 1. The summed E-state index contributed by atoms with van der Waals surface area (Å²) >= 11 is 0. The molecule has 24 heavy (non-hydrogen) atoms. The van der Waals surface area contributed by atoms with Crippen LogP contribution in [0.2, 0.25) is 0 Å². The van der Waals surface area contributed by atoms with Crippen molar-refractivity contribution in [3.05, 3.63) is 35.4 Å². The fourth-order valence-corrected chi connectivity index (χ4v) is 2.56. The first-order valence-electron chi connectivity index (χ1n) is 8.97. The van der Waals surface area contributed by atoms with Gasteiger partial charge < -0.3 is 15.4 Å². The maximum absolute atomic E-state index is 5.18. The van der Waals surface area contributed by atoms with Crippen molar-refractivity contribution >= 4 is 5.96 Å². The Bertz CT molecular complexity index is 486. The normalized spacial score (nSPS) is 13.2. The Morgan fingerprint density at radius 3 is 2.42 bits per heavy atom. The molecular formula is C19H34N4O. The fraction of sp³-hybridized carbons (Fsp3) is 0.632. The fourth-order valence-electron chi connectivity index (χ4n) is 2.56. The van der Waals surface area contributed by atoms with Gasteiger partial charge in [-0.25, -0.2) is 4.99 Å². The van der Waals surface area contributed by atoms with Crippen molar-refractivity contribution < 1.29 is 4.74 Å². The van der Waals surface area contributed by atoms with Gasteiger partial charge in [0.2, 0.25) is 0 Å². The Hall–Kier alpha value is -1.59. The zero-order chi connectivity index (χ0) is 17.8. The van der Waals surface area contributed by atoms with Gasteiger partial charge in [0.15, 0.2) is 5.96 Å². The number of nitrogens with zero attached hydrogens (tertiary/aromatic N) is 2. The van der Waals surface area contributed by atoms with Crippen LogP contribution in [0.4, 0.5) is 0 Å². The van der Waals surface area contributed by atoms with Gasteiger partial charge in [0.25, 0.3) is 0 Å². The van der Waals surface area contributed by atoms with E-state index in [4.69, 9.17) is 9.73 Å². The monoisotopic (exact) mass is 334 g/mol. The van der Waals surface area contributed by atoms with E-state index in [2.05, 4.69) is 67.5 Å². The molecule has 1 rings (SSSR count). The van der Waals surface area contributed by atoms with Gasteiger partial charge in [-0.3, -0.25) is 4.90 Å². The summed E-state index contributed by atoms with van der Waals surface area (Å²) in [5.74, 6) is 0.833. The van der Waals surface area contributed by atoms with Crippen LogP contribution >= 0.6 is 0 Å². The van der Waals surface area contributed by atoms with Gasteiger partial charge >= 0.3 is 0 Å². The maximum Gasteiger partial charge on any atom is 0.191 e. The summed E-state index contributed by atoms with van der Waals surface area (Å²) in [4.78, 5) is 7.17. The molecule has 1 unspecified atom stereocenters. The minimum atomic E-state index is 0.221. The van der Waals surface area contributed by atoms with Gasteiger partial charge in [-0.1, -0.05) is 38.1 Å². The number of methoxy groups -OCH3 is 1. The van der Waals surface area contributed by atoms with Crippen LogP contribution in [0.3, 0.4) is 0 Å². The quantitative estimate of drug-likeness (QED) is 0.510. The van der Waals surface area contributed by atoms with Gasteiger partial charge in [0.1, 0.15) is 0 Å². The molecule has 1 atom stereocenters. The number of hydrogen-bond donors (Lipinski definition) is 2. The highest BCUT2D eigenvalue weighted by atomic mass is 16.5. The molecule has 0 spiro atoms. The van der Waals surface area contributed by atoms with E-state index in [0.717, 1.165) is 32.1 Å². The van der Waals surface area contributed by atoms with Crippen molar-refractivity contribution in [2.75, 3.05) is 33.4 Å². The molecule has 0 saturated heterocycles. The SMILES string of the molecule is CCNC(=NCc1ccccc1CN(CC)CC)NC(C)COC. The van der Waals surface area contributed by atoms with Crippen molar-refractivity contribution in [3.63, 3.8) is 0 Å². The largest absolute Gasteiger partial charge is 0.383 e. The standard InChI is InChI=1S/C19H34N4O/c1-6-20-19(22-16(4)15-24-5)21-13-17-11-9-10-12-18(17)14-23(7-2)8-3/h9-12,16H,6-8,13-15H2,1-5H3,(H2,20,21,22). The van der Waals surface area contributed by atoms with E-state index < -0.39 is 0 Å². The summed E-state index contributed by atoms with van der Waals surface area (Å²) in [6.07, 6.45) is 0. The third kappa shape index (κ3) is 7.32. The van der Waals surface area contributed by atoms with Crippen LogP contribution in [0.1, 0.15) is 38.8 Å². The van der Waals surface area contributed by atoms with E-state index in [1.165, 1.54) is 11.1 Å². The van der Waals surface area contributed by atoms with Crippen LogP contribution in [-0.4, -0.2) is 50.3 Å². The number of rotatable bonds is 10. The lowest BCUT2D eigenvalue weighted by Crippen LogP contribution is -2.43. The third-order valence-corrected chi connectivity index (χ3v) is 3.96. The predicted octanol–water partition coefficient (Wildman–Crippen LogP) is 2.62. The molecule has 1 aromatic carbocycles. The second-order valence-electron chi connectivity index (χ2n) is 5.93. The molecule has 1 aromatic rings. The van der Waals surface area contributed by atoms with Crippen molar-refractivity contribution in [2.24, 2.45) is 4.99 Å². The number of hydrogen-bond acceptors (Lipinski definition) is 3. The summed E-state index contributed by atoms with van der Waals surface area (Å²) in [7, 11) is 1.71. The zero-order valence-corrected chi connectivity index (χ0v) is 15.9. The molecule has 0 fully saturated rings. The van der Waals surface area contributed by atoms with Crippen molar-refractivity contribution in [2.45, 2.75) is 46.8 Å². The highest BCUT2D eigenvalue weighted by Gasteiger charge is 2.08. The highest BCUT2D eigenvalue weighted by Crippen LogP contribution is 2.13. The van der Waals surface area contributed by atoms with E-state index in [-0.39, 0.29) is 6.04 Å². The lowest BCUT2D eigenvalue weighted by molar-refractivity contribution is 0.179. The smallest absolute Gasteiger partial charge is 0.191 e. The molecule has 2 N–H and O–H groups in total. The summed E-state index contributed by atoms with van der Waals surface area (Å²) in [5, 5.41) is 6.67. The minimum Gasteiger partial charge on any atom is -0.383 e. The Morgan fingerprint density at radius 2 is 1.83 bits per heavy atom. The van der Waals surface area contributed by atoms with E-state index in [9.17, 15) is 0 Å². The van der Waals surface area contributed by atoms with Crippen molar-refractivity contribution in [3.8, 4) is 0 Å². The van der Waals surface area contributed by atoms with Gasteiger partial charge in [0.05, 0.1) is 13.2 Å². The lowest BCUT2D eigenvalue weighted by atomic mass is 10.1. The molecule has 0 bridgehead atoms. The van der Waals surface area contributed by atoms with Gasteiger partial charge in [0, 0.05) is 26.2 Å². The zero-order valence-electron chi connectivity index (χ0n) is 15.9. The second kappa shape index (κ2) is 11.9. The Morgan fingerprint density at radius 1 is 1.17 bits per heavy atom. The Balaban J connectivity index is 2.81. The number of ether oxygens (including phenoxy) is 1. The summed E-state index contributed by atoms with van der Waals surface area (Å²) in [6.45, 7) is 13.8. The average Bonchev–Trinajstić information content (AvgIpc) is 2.58. The van der Waals surface area contributed by atoms with E-state index in [0.29, 0.717) is 13.2 Å². The average molecular weight is 335 g/mol. The molecule has 5 nitrogen and oxygen atoms in total.